The van der Waals surface area contributed by atoms with Crippen LogP contribution in [-0.2, 0) is 16.1 Å². The average molecular weight is 347 g/mol. The van der Waals surface area contributed by atoms with Crippen LogP contribution in [0.2, 0.25) is 0 Å². The monoisotopic (exact) mass is 347 g/mol. The number of carbonyl (C=O) groups excluding carboxylic acids is 1. The fourth-order valence-corrected chi connectivity index (χ4v) is 3.59. The molecule has 1 atom stereocenters. The van der Waals surface area contributed by atoms with Gasteiger partial charge in [0.15, 0.2) is 0 Å². The highest BCUT2D eigenvalue weighted by Gasteiger charge is 2.18. The van der Waals surface area contributed by atoms with Crippen LogP contribution < -0.4 is 10.2 Å². The maximum absolute atomic E-state index is 11.7. The molecular weight excluding hydrogens is 322 g/mol. The standard InChI is InChI=1S/C19H25NO3S/c1-13-10-11-24-17(13)12-16(8-9-18(21)23-20-4)22-19-14(2)6-5-7-15(19)3/h5-7,10-11,16,20H,8-9,12H2,1-4H3. The number of benzene rings is 1. The van der Waals surface area contributed by atoms with Gasteiger partial charge in [0.1, 0.15) is 11.9 Å². The van der Waals surface area contributed by atoms with Crippen molar-refractivity contribution in [2.75, 3.05) is 7.05 Å². The third kappa shape index (κ3) is 5.08. The van der Waals surface area contributed by atoms with Crippen molar-refractivity contribution in [1.82, 2.24) is 5.48 Å². The minimum absolute atomic E-state index is 0.0634. The summed E-state index contributed by atoms with van der Waals surface area (Å²) in [6, 6.07) is 8.24. The van der Waals surface area contributed by atoms with Gasteiger partial charge in [-0.15, -0.1) is 11.3 Å². The number of hydrogen-bond acceptors (Lipinski definition) is 5. The highest BCUT2D eigenvalue weighted by Crippen LogP contribution is 2.27. The molecule has 0 fully saturated rings. The van der Waals surface area contributed by atoms with Crippen molar-refractivity contribution in [3.8, 4) is 5.75 Å². The van der Waals surface area contributed by atoms with Gasteiger partial charge in [0.2, 0.25) is 0 Å². The molecular formula is C19H25NO3S. The predicted molar refractivity (Wildman–Crippen MR) is 97.5 cm³/mol. The third-order valence-electron chi connectivity index (χ3n) is 3.96. The number of hydrogen-bond donors (Lipinski definition) is 1. The van der Waals surface area contributed by atoms with Gasteiger partial charge in [-0.25, -0.2) is 0 Å². The van der Waals surface area contributed by atoms with Gasteiger partial charge in [-0.05, 0) is 55.3 Å². The summed E-state index contributed by atoms with van der Waals surface area (Å²) >= 11 is 1.73. The van der Waals surface area contributed by atoms with Gasteiger partial charge >= 0.3 is 5.97 Å². The molecule has 2 rings (SSSR count). The van der Waals surface area contributed by atoms with Crippen molar-refractivity contribution in [3.63, 3.8) is 0 Å². The van der Waals surface area contributed by atoms with Gasteiger partial charge in [-0.1, -0.05) is 18.2 Å². The molecule has 0 saturated heterocycles. The van der Waals surface area contributed by atoms with Crippen molar-refractivity contribution in [1.29, 1.82) is 0 Å². The second-order valence-corrected chi connectivity index (χ2v) is 6.91. The molecule has 2 aromatic rings. The lowest BCUT2D eigenvalue weighted by Gasteiger charge is -2.21. The third-order valence-corrected chi connectivity index (χ3v) is 5.01. The maximum Gasteiger partial charge on any atom is 0.324 e. The topological polar surface area (TPSA) is 47.6 Å². The minimum atomic E-state index is -0.268. The summed E-state index contributed by atoms with van der Waals surface area (Å²) < 4.78 is 6.31. The van der Waals surface area contributed by atoms with Crippen molar-refractivity contribution in [2.45, 2.75) is 46.1 Å². The van der Waals surface area contributed by atoms with Crippen LogP contribution in [0, 0.1) is 20.8 Å². The molecule has 1 aromatic heterocycles. The van der Waals surface area contributed by atoms with E-state index in [1.807, 2.05) is 32.0 Å². The van der Waals surface area contributed by atoms with E-state index in [9.17, 15) is 4.79 Å². The first-order valence-corrected chi connectivity index (χ1v) is 9.01. The normalized spacial score (nSPS) is 12.0. The van der Waals surface area contributed by atoms with Gasteiger partial charge in [0.25, 0.3) is 0 Å². The molecule has 0 aliphatic heterocycles. The molecule has 0 radical (unpaired) electrons. The first-order valence-electron chi connectivity index (χ1n) is 8.13. The van der Waals surface area contributed by atoms with Crippen molar-refractivity contribution >= 4 is 17.3 Å². The Hall–Kier alpha value is -1.85. The second-order valence-electron chi connectivity index (χ2n) is 5.91. The fraction of sp³-hybridized carbons (Fsp3) is 0.421. The fourth-order valence-electron chi connectivity index (χ4n) is 2.62. The quantitative estimate of drug-likeness (QED) is 0.730. The SMILES string of the molecule is CNOC(=O)CCC(Cc1sccc1C)Oc1c(C)cccc1C. The highest BCUT2D eigenvalue weighted by atomic mass is 32.1. The van der Waals surface area contributed by atoms with Crippen LogP contribution in [0.3, 0.4) is 0 Å². The summed E-state index contributed by atoms with van der Waals surface area (Å²) in [5.41, 5.74) is 5.92. The van der Waals surface area contributed by atoms with Gasteiger partial charge in [-0.3, -0.25) is 4.79 Å². The van der Waals surface area contributed by atoms with E-state index < -0.39 is 0 Å². The number of hydroxylamine groups is 1. The molecule has 0 aliphatic carbocycles. The molecule has 1 aromatic carbocycles. The molecule has 0 saturated carbocycles. The number of rotatable bonds is 8. The average Bonchev–Trinajstić information content (AvgIpc) is 2.94. The van der Waals surface area contributed by atoms with Crippen LogP contribution in [0.1, 0.15) is 34.4 Å². The minimum Gasteiger partial charge on any atom is -0.489 e. The maximum atomic E-state index is 11.7. The lowest BCUT2D eigenvalue weighted by Crippen LogP contribution is -2.23. The number of ether oxygens (including phenoxy) is 1. The van der Waals surface area contributed by atoms with Crippen LogP contribution in [0.15, 0.2) is 29.6 Å². The van der Waals surface area contributed by atoms with Crippen molar-refractivity contribution in [2.24, 2.45) is 0 Å². The molecule has 4 nitrogen and oxygen atoms in total. The van der Waals surface area contributed by atoms with Crippen molar-refractivity contribution in [3.05, 3.63) is 51.2 Å². The van der Waals surface area contributed by atoms with Crippen molar-refractivity contribution < 1.29 is 14.4 Å². The molecule has 130 valence electrons. The van der Waals surface area contributed by atoms with E-state index in [0.717, 1.165) is 23.3 Å². The summed E-state index contributed by atoms with van der Waals surface area (Å²) in [5.74, 6) is 0.647. The lowest BCUT2D eigenvalue weighted by molar-refractivity contribution is -0.150. The van der Waals surface area contributed by atoms with Crippen LogP contribution in [0.25, 0.3) is 0 Å². The summed E-state index contributed by atoms with van der Waals surface area (Å²) in [5, 5.41) is 2.09. The molecule has 1 N–H and O–H groups in total. The van der Waals surface area contributed by atoms with Gasteiger partial charge < -0.3 is 9.57 Å². The number of thiophene rings is 1. The summed E-state index contributed by atoms with van der Waals surface area (Å²) in [6.45, 7) is 6.20. The van der Waals surface area contributed by atoms with E-state index in [1.54, 1.807) is 18.4 Å². The first kappa shape index (κ1) is 18.5. The Morgan fingerprint density at radius 3 is 2.46 bits per heavy atom. The summed E-state index contributed by atoms with van der Waals surface area (Å²) in [6.07, 6.45) is 1.67. The zero-order valence-electron chi connectivity index (χ0n) is 14.7. The second kappa shape index (κ2) is 8.85. The molecule has 0 spiro atoms. The van der Waals surface area contributed by atoms with E-state index in [2.05, 4.69) is 23.9 Å². The zero-order valence-corrected chi connectivity index (χ0v) is 15.5. The van der Waals surface area contributed by atoms with E-state index in [1.165, 1.54) is 10.4 Å². The molecule has 0 aliphatic rings. The Morgan fingerprint density at radius 2 is 1.88 bits per heavy atom. The first-order chi connectivity index (χ1) is 11.5. The lowest BCUT2D eigenvalue weighted by atomic mass is 10.1. The van der Waals surface area contributed by atoms with E-state index in [4.69, 9.17) is 9.57 Å². The van der Waals surface area contributed by atoms with E-state index in [-0.39, 0.29) is 12.1 Å². The molecule has 0 bridgehead atoms. The Balaban J connectivity index is 2.12. The van der Waals surface area contributed by atoms with Crippen LogP contribution >= 0.6 is 11.3 Å². The Morgan fingerprint density at radius 1 is 1.17 bits per heavy atom. The van der Waals surface area contributed by atoms with E-state index >= 15 is 0 Å². The number of para-hydroxylation sites is 1. The summed E-state index contributed by atoms with van der Waals surface area (Å²) in [7, 11) is 1.58. The Kier molecular flexibility index (Phi) is 6.82. The molecule has 1 heterocycles. The Bertz CT molecular complexity index is 661. The Labute approximate surface area is 147 Å². The zero-order chi connectivity index (χ0) is 17.5. The highest BCUT2D eigenvalue weighted by molar-refractivity contribution is 7.10. The van der Waals surface area contributed by atoms with E-state index in [0.29, 0.717) is 12.8 Å². The smallest absolute Gasteiger partial charge is 0.324 e. The van der Waals surface area contributed by atoms with Gasteiger partial charge in [0, 0.05) is 18.3 Å². The molecule has 0 amide bonds. The predicted octanol–water partition coefficient (Wildman–Crippen LogP) is 4.12. The van der Waals surface area contributed by atoms with Crippen LogP contribution in [0.4, 0.5) is 0 Å². The molecule has 5 heteroatoms. The molecule has 24 heavy (non-hydrogen) atoms. The molecule has 1 unspecified atom stereocenters. The van der Waals surface area contributed by atoms with Gasteiger partial charge in [-0.2, -0.15) is 5.48 Å². The van der Waals surface area contributed by atoms with Crippen LogP contribution in [-0.4, -0.2) is 19.1 Å². The summed E-state index contributed by atoms with van der Waals surface area (Å²) in [4.78, 5) is 17.8. The van der Waals surface area contributed by atoms with Crippen LogP contribution in [0.5, 0.6) is 5.75 Å². The number of carbonyl (C=O) groups is 1. The number of nitrogens with one attached hydrogen (secondary N) is 1. The largest absolute Gasteiger partial charge is 0.489 e. The number of aryl methyl sites for hydroxylation is 3. The van der Waals surface area contributed by atoms with Gasteiger partial charge in [0.05, 0.1) is 6.42 Å².